The molecular weight excluding hydrogens is 446 g/mol. The second kappa shape index (κ2) is 11.2. The van der Waals surface area contributed by atoms with Gasteiger partial charge in [-0.25, -0.2) is 4.98 Å². The second-order valence-corrected chi connectivity index (χ2v) is 9.05. The average Bonchev–Trinajstić information content (AvgIpc) is 3.18. The smallest absolute Gasteiger partial charge is 0.224 e. The summed E-state index contributed by atoms with van der Waals surface area (Å²) in [7, 11) is 0. The Kier molecular flexibility index (Phi) is 7.86. The van der Waals surface area contributed by atoms with Gasteiger partial charge >= 0.3 is 0 Å². The molecule has 0 aliphatic heterocycles. The van der Waals surface area contributed by atoms with Gasteiger partial charge in [-0.3, -0.25) is 4.79 Å². The Bertz CT molecular complexity index is 1250. The highest BCUT2D eigenvalue weighted by Gasteiger charge is 2.12. The van der Waals surface area contributed by atoms with E-state index in [0.29, 0.717) is 43.5 Å². The third-order valence-electron chi connectivity index (χ3n) is 5.80. The largest absolute Gasteiger partial charge is 0.491 e. The summed E-state index contributed by atoms with van der Waals surface area (Å²) < 4.78 is 8.36. The number of nitrogens with zero attached hydrogens (tertiary/aromatic N) is 2. The van der Waals surface area contributed by atoms with Crippen molar-refractivity contribution >= 4 is 28.5 Å². The van der Waals surface area contributed by atoms with Crippen LogP contribution in [0.25, 0.3) is 11.0 Å². The Morgan fingerprint density at radius 2 is 1.76 bits per heavy atom. The Morgan fingerprint density at radius 3 is 2.56 bits per heavy atom. The molecule has 0 saturated carbocycles. The van der Waals surface area contributed by atoms with Gasteiger partial charge in [0, 0.05) is 18.0 Å². The maximum absolute atomic E-state index is 12.4. The van der Waals surface area contributed by atoms with Crippen molar-refractivity contribution < 1.29 is 9.53 Å². The number of carbonyl (C=O) groups is 1. The summed E-state index contributed by atoms with van der Waals surface area (Å²) in [6.07, 6.45) is 0.973. The molecule has 0 fully saturated rings. The topological polar surface area (TPSA) is 56.1 Å². The van der Waals surface area contributed by atoms with Crippen molar-refractivity contribution in [2.24, 2.45) is 0 Å². The Balaban J connectivity index is 1.39. The van der Waals surface area contributed by atoms with Gasteiger partial charge < -0.3 is 14.6 Å². The Hall–Kier alpha value is -3.31. The summed E-state index contributed by atoms with van der Waals surface area (Å²) >= 11 is 5.92. The minimum atomic E-state index is -0.0152. The molecule has 0 radical (unpaired) electrons. The summed E-state index contributed by atoms with van der Waals surface area (Å²) in [5.74, 6) is 2.25. The average molecular weight is 476 g/mol. The van der Waals surface area contributed by atoms with E-state index in [0.717, 1.165) is 28.2 Å². The number of hydrogen-bond donors (Lipinski definition) is 1. The molecule has 0 spiro atoms. The fraction of sp³-hybridized carbons (Fsp3) is 0.286. The first-order chi connectivity index (χ1) is 16.5. The minimum absolute atomic E-state index is 0.0152. The van der Waals surface area contributed by atoms with Crippen molar-refractivity contribution in [3.63, 3.8) is 0 Å². The van der Waals surface area contributed by atoms with Crippen molar-refractivity contribution in [2.75, 3.05) is 13.2 Å². The van der Waals surface area contributed by atoms with Crippen molar-refractivity contribution in [2.45, 2.75) is 39.2 Å². The van der Waals surface area contributed by atoms with E-state index in [2.05, 4.69) is 35.9 Å². The SMILES string of the molecule is CC(C)c1ccccc1OCCn1c(CCNC(=O)Cc2ccc(Cl)cc2)nc2ccccc21. The molecule has 1 heterocycles. The number of carbonyl (C=O) groups excluding carboxylic acids is 1. The molecule has 0 aliphatic carbocycles. The zero-order valence-electron chi connectivity index (χ0n) is 19.6. The monoisotopic (exact) mass is 475 g/mol. The molecule has 1 aromatic heterocycles. The van der Waals surface area contributed by atoms with Crippen LogP contribution in [0.1, 0.15) is 36.7 Å². The van der Waals surface area contributed by atoms with E-state index >= 15 is 0 Å². The molecule has 0 atom stereocenters. The highest BCUT2D eigenvalue weighted by Crippen LogP contribution is 2.26. The molecule has 34 heavy (non-hydrogen) atoms. The lowest BCUT2D eigenvalue weighted by Gasteiger charge is -2.15. The third kappa shape index (κ3) is 5.97. The van der Waals surface area contributed by atoms with Crippen LogP contribution in [0.2, 0.25) is 5.02 Å². The highest BCUT2D eigenvalue weighted by molar-refractivity contribution is 6.30. The van der Waals surface area contributed by atoms with Crippen LogP contribution in [-0.4, -0.2) is 28.6 Å². The van der Waals surface area contributed by atoms with Crippen LogP contribution in [0.4, 0.5) is 0 Å². The van der Waals surface area contributed by atoms with Crippen LogP contribution in [0.15, 0.2) is 72.8 Å². The Morgan fingerprint density at radius 1 is 1.03 bits per heavy atom. The lowest BCUT2D eigenvalue weighted by Crippen LogP contribution is -2.28. The number of para-hydroxylation sites is 3. The van der Waals surface area contributed by atoms with E-state index in [9.17, 15) is 4.79 Å². The van der Waals surface area contributed by atoms with Crippen LogP contribution in [0, 0.1) is 0 Å². The first-order valence-corrected chi connectivity index (χ1v) is 12.1. The van der Waals surface area contributed by atoms with Crippen molar-refractivity contribution in [1.82, 2.24) is 14.9 Å². The molecular formula is C28H30ClN3O2. The van der Waals surface area contributed by atoms with Crippen LogP contribution >= 0.6 is 11.6 Å². The van der Waals surface area contributed by atoms with Gasteiger partial charge in [0.1, 0.15) is 18.2 Å². The van der Waals surface area contributed by atoms with E-state index in [1.807, 2.05) is 48.5 Å². The summed E-state index contributed by atoms with van der Waals surface area (Å²) in [5.41, 5.74) is 4.17. The number of nitrogens with one attached hydrogen (secondary N) is 1. The Labute approximate surface area is 205 Å². The maximum Gasteiger partial charge on any atom is 0.224 e. The molecule has 1 N–H and O–H groups in total. The molecule has 176 valence electrons. The number of aromatic nitrogens is 2. The molecule has 6 heteroatoms. The van der Waals surface area contributed by atoms with Gasteiger partial charge in [-0.2, -0.15) is 0 Å². The van der Waals surface area contributed by atoms with Gasteiger partial charge in [0.25, 0.3) is 0 Å². The van der Waals surface area contributed by atoms with Gasteiger partial charge in [-0.15, -0.1) is 0 Å². The van der Waals surface area contributed by atoms with Gasteiger partial charge in [-0.05, 0) is 47.4 Å². The minimum Gasteiger partial charge on any atom is -0.491 e. The van der Waals surface area contributed by atoms with E-state index in [1.165, 1.54) is 5.56 Å². The number of fused-ring (bicyclic) bond motifs is 1. The number of hydrogen-bond acceptors (Lipinski definition) is 3. The van der Waals surface area contributed by atoms with E-state index in [4.69, 9.17) is 21.3 Å². The van der Waals surface area contributed by atoms with Crippen LogP contribution in [0.3, 0.4) is 0 Å². The predicted octanol–water partition coefficient (Wildman–Crippen LogP) is 5.79. The number of imidazole rings is 1. The molecule has 1 amide bonds. The quantitative estimate of drug-likeness (QED) is 0.315. The lowest BCUT2D eigenvalue weighted by molar-refractivity contribution is -0.120. The van der Waals surface area contributed by atoms with Gasteiger partial charge in [0.2, 0.25) is 5.91 Å². The zero-order chi connectivity index (χ0) is 23.9. The molecule has 3 aromatic carbocycles. The number of halogens is 1. The fourth-order valence-electron chi connectivity index (χ4n) is 4.07. The summed E-state index contributed by atoms with van der Waals surface area (Å²) in [6.45, 7) is 6.09. The van der Waals surface area contributed by atoms with Gasteiger partial charge in [-0.1, -0.05) is 67.9 Å². The van der Waals surface area contributed by atoms with E-state index < -0.39 is 0 Å². The summed E-state index contributed by atoms with van der Waals surface area (Å²) in [5, 5.41) is 3.68. The zero-order valence-corrected chi connectivity index (χ0v) is 20.4. The summed E-state index contributed by atoms with van der Waals surface area (Å²) in [6, 6.07) is 23.6. The van der Waals surface area contributed by atoms with Gasteiger partial charge in [0.15, 0.2) is 0 Å². The summed E-state index contributed by atoms with van der Waals surface area (Å²) in [4.78, 5) is 17.2. The second-order valence-electron chi connectivity index (χ2n) is 8.61. The first kappa shape index (κ1) is 23.8. The fourth-order valence-corrected chi connectivity index (χ4v) is 4.19. The van der Waals surface area contributed by atoms with Crippen LogP contribution in [-0.2, 0) is 24.2 Å². The van der Waals surface area contributed by atoms with Crippen LogP contribution < -0.4 is 10.1 Å². The molecule has 0 saturated heterocycles. The predicted molar refractivity (Wildman–Crippen MR) is 138 cm³/mol. The number of rotatable bonds is 10. The first-order valence-electron chi connectivity index (χ1n) is 11.7. The van der Waals surface area contributed by atoms with Crippen molar-refractivity contribution in [3.05, 3.63) is 94.8 Å². The third-order valence-corrected chi connectivity index (χ3v) is 6.05. The number of benzene rings is 3. The lowest BCUT2D eigenvalue weighted by atomic mass is 10.0. The van der Waals surface area contributed by atoms with Gasteiger partial charge in [0.05, 0.1) is 24.0 Å². The standard InChI is InChI=1S/C28H30ClN3O2/c1-20(2)23-7-3-6-10-26(23)34-18-17-32-25-9-5-4-8-24(25)31-27(32)15-16-30-28(33)19-21-11-13-22(29)14-12-21/h3-14,20H,15-19H2,1-2H3,(H,30,33). The van der Waals surface area contributed by atoms with E-state index in [-0.39, 0.29) is 5.91 Å². The van der Waals surface area contributed by atoms with Crippen molar-refractivity contribution in [1.29, 1.82) is 0 Å². The number of ether oxygens (including phenoxy) is 1. The molecule has 4 aromatic rings. The molecule has 4 rings (SSSR count). The molecule has 5 nitrogen and oxygen atoms in total. The highest BCUT2D eigenvalue weighted by atomic mass is 35.5. The normalized spacial score (nSPS) is 11.2. The van der Waals surface area contributed by atoms with Crippen molar-refractivity contribution in [3.8, 4) is 5.75 Å². The van der Waals surface area contributed by atoms with Crippen LogP contribution in [0.5, 0.6) is 5.75 Å². The van der Waals surface area contributed by atoms with E-state index in [1.54, 1.807) is 12.1 Å². The number of amides is 1. The maximum atomic E-state index is 12.4. The molecule has 0 bridgehead atoms. The molecule has 0 unspecified atom stereocenters. The molecule has 0 aliphatic rings.